The Labute approximate surface area is 145 Å². The molecule has 23 heavy (non-hydrogen) atoms. The van der Waals surface area contributed by atoms with Crippen LogP contribution in [0.4, 0.5) is 0 Å². The van der Waals surface area contributed by atoms with Crippen molar-refractivity contribution in [3.05, 3.63) is 29.8 Å². The molecule has 1 saturated carbocycles. The summed E-state index contributed by atoms with van der Waals surface area (Å²) < 4.78 is 33.5. The fraction of sp³-hybridized carbons (Fsp3) is 0.625. The summed E-state index contributed by atoms with van der Waals surface area (Å²) >= 11 is 0. The molecule has 1 aromatic rings. The maximum Gasteiger partial charge on any atom is 0.241 e. The molecule has 0 bridgehead atoms. The lowest BCUT2D eigenvalue weighted by atomic mass is 9.74. The van der Waals surface area contributed by atoms with Crippen LogP contribution in [0.15, 0.2) is 29.2 Å². The number of benzene rings is 1. The van der Waals surface area contributed by atoms with Gasteiger partial charge in [0.25, 0.3) is 0 Å². The Morgan fingerprint density at radius 3 is 2.74 bits per heavy atom. The average Bonchev–Trinajstić information content (AvgIpc) is 2.50. The van der Waals surface area contributed by atoms with E-state index in [9.17, 15) is 8.42 Å². The Morgan fingerprint density at radius 1 is 1.39 bits per heavy atom. The lowest BCUT2D eigenvalue weighted by Crippen LogP contribution is -2.58. The Hall–Kier alpha value is -0.660. The second-order valence-corrected chi connectivity index (χ2v) is 7.88. The first-order chi connectivity index (χ1) is 10.4. The summed E-state index contributed by atoms with van der Waals surface area (Å²) in [5.41, 5.74) is 6.25. The van der Waals surface area contributed by atoms with Gasteiger partial charge < -0.3 is 10.5 Å². The third-order valence-electron chi connectivity index (χ3n) is 4.67. The molecule has 0 aromatic heterocycles. The number of hydrogen-bond donors (Lipinski definition) is 2. The van der Waals surface area contributed by atoms with Gasteiger partial charge in [-0.2, -0.15) is 0 Å². The molecular formula is C16H27ClN2O3S. The van der Waals surface area contributed by atoms with Gasteiger partial charge in [0.1, 0.15) is 0 Å². The zero-order chi connectivity index (χ0) is 16.2. The molecule has 5 nitrogen and oxygen atoms in total. The zero-order valence-electron chi connectivity index (χ0n) is 13.7. The van der Waals surface area contributed by atoms with Gasteiger partial charge in [0.15, 0.2) is 0 Å². The summed E-state index contributed by atoms with van der Waals surface area (Å²) in [5.74, 6) is 0.239. The number of methoxy groups -OCH3 is 1. The van der Waals surface area contributed by atoms with E-state index in [-0.39, 0.29) is 23.2 Å². The number of halogens is 1. The molecule has 1 aliphatic carbocycles. The minimum Gasteiger partial charge on any atom is -0.380 e. The molecule has 1 aliphatic rings. The van der Waals surface area contributed by atoms with Gasteiger partial charge in [-0.3, -0.25) is 0 Å². The highest BCUT2D eigenvalue weighted by Crippen LogP contribution is 2.34. The van der Waals surface area contributed by atoms with Gasteiger partial charge in [-0.05, 0) is 36.5 Å². The molecule has 2 rings (SSSR count). The largest absolute Gasteiger partial charge is 0.380 e. The molecule has 0 spiro atoms. The van der Waals surface area contributed by atoms with E-state index in [1.807, 2.05) is 6.07 Å². The Balaban J connectivity index is 0.00000264. The van der Waals surface area contributed by atoms with Crippen LogP contribution in [0.3, 0.4) is 0 Å². The number of ether oxygens (including phenoxy) is 1. The van der Waals surface area contributed by atoms with E-state index in [4.69, 9.17) is 10.5 Å². The van der Waals surface area contributed by atoms with Crippen molar-refractivity contribution in [2.75, 3.05) is 13.7 Å². The van der Waals surface area contributed by atoms with Crippen LogP contribution in [0, 0.1) is 5.92 Å². The lowest BCUT2D eigenvalue weighted by Gasteiger charge is -2.42. The molecule has 0 amide bonds. The first-order valence-electron chi connectivity index (χ1n) is 7.75. The SMILES string of the molecule is COCc1cccc(S(=O)(=O)NC2(CN)CCCCC2C)c1.Cl. The van der Waals surface area contributed by atoms with Crippen LogP contribution >= 0.6 is 12.4 Å². The van der Waals surface area contributed by atoms with Crippen LogP contribution in [-0.2, 0) is 21.4 Å². The third kappa shape index (κ3) is 4.67. The Kier molecular flexibility index (Phi) is 7.48. The van der Waals surface area contributed by atoms with Crippen molar-refractivity contribution in [2.24, 2.45) is 11.7 Å². The second-order valence-electron chi connectivity index (χ2n) is 6.19. The Bertz CT molecular complexity index is 609. The van der Waals surface area contributed by atoms with Gasteiger partial charge in [0.2, 0.25) is 10.0 Å². The fourth-order valence-electron chi connectivity index (χ4n) is 3.21. The molecule has 1 aromatic carbocycles. The van der Waals surface area contributed by atoms with E-state index in [1.54, 1.807) is 25.3 Å². The summed E-state index contributed by atoms with van der Waals surface area (Å²) in [7, 11) is -2.00. The van der Waals surface area contributed by atoms with Crippen LogP contribution in [0.5, 0.6) is 0 Å². The fourth-order valence-corrected chi connectivity index (χ4v) is 4.81. The molecule has 2 unspecified atom stereocenters. The predicted octanol–water partition coefficient (Wildman–Crippen LogP) is 2.44. The summed E-state index contributed by atoms with van der Waals surface area (Å²) in [6.45, 7) is 2.79. The molecule has 132 valence electrons. The maximum absolute atomic E-state index is 12.8. The van der Waals surface area contributed by atoms with Gasteiger partial charge in [0.05, 0.1) is 11.5 Å². The van der Waals surface area contributed by atoms with Crippen molar-refractivity contribution in [1.82, 2.24) is 4.72 Å². The quantitative estimate of drug-likeness (QED) is 0.814. The standard InChI is InChI=1S/C16H26N2O3S.ClH/c1-13-6-3-4-9-16(13,12-17)18-22(19,20)15-8-5-7-14(10-15)11-21-2;/h5,7-8,10,13,18H,3-4,6,9,11-12,17H2,1-2H3;1H. The number of rotatable bonds is 6. The van der Waals surface area contributed by atoms with E-state index < -0.39 is 15.6 Å². The topological polar surface area (TPSA) is 81.4 Å². The highest BCUT2D eigenvalue weighted by atomic mass is 35.5. The zero-order valence-corrected chi connectivity index (χ0v) is 15.4. The minimum absolute atomic E-state index is 0. The minimum atomic E-state index is -3.59. The molecular weight excluding hydrogens is 336 g/mol. The van der Waals surface area contributed by atoms with Crippen LogP contribution in [-0.4, -0.2) is 27.6 Å². The van der Waals surface area contributed by atoms with Crippen LogP contribution < -0.4 is 10.5 Å². The molecule has 2 atom stereocenters. The second kappa shape index (κ2) is 8.44. The van der Waals surface area contributed by atoms with Crippen molar-refractivity contribution in [3.8, 4) is 0 Å². The third-order valence-corrected chi connectivity index (χ3v) is 6.22. The van der Waals surface area contributed by atoms with Crippen molar-refractivity contribution in [2.45, 2.75) is 49.6 Å². The van der Waals surface area contributed by atoms with Crippen LogP contribution in [0.1, 0.15) is 38.2 Å². The van der Waals surface area contributed by atoms with Crippen molar-refractivity contribution < 1.29 is 13.2 Å². The van der Waals surface area contributed by atoms with Gasteiger partial charge in [-0.1, -0.05) is 31.9 Å². The highest BCUT2D eigenvalue weighted by Gasteiger charge is 2.40. The van der Waals surface area contributed by atoms with E-state index in [0.29, 0.717) is 13.2 Å². The van der Waals surface area contributed by atoms with E-state index in [2.05, 4.69) is 11.6 Å². The normalized spacial score (nSPS) is 24.9. The Morgan fingerprint density at radius 2 is 2.13 bits per heavy atom. The van der Waals surface area contributed by atoms with Gasteiger partial charge in [-0.15, -0.1) is 12.4 Å². The molecule has 0 saturated heterocycles. The van der Waals surface area contributed by atoms with Gasteiger partial charge in [0, 0.05) is 19.2 Å². The van der Waals surface area contributed by atoms with E-state index >= 15 is 0 Å². The summed E-state index contributed by atoms with van der Waals surface area (Å²) in [6, 6.07) is 6.86. The van der Waals surface area contributed by atoms with Gasteiger partial charge >= 0.3 is 0 Å². The maximum atomic E-state index is 12.8. The summed E-state index contributed by atoms with van der Waals surface area (Å²) in [4.78, 5) is 0.271. The first kappa shape index (κ1) is 20.4. The average molecular weight is 363 g/mol. The van der Waals surface area contributed by atoms with Crippen LogP contribution in [0.25, 0.3) is 0 Å². The van der Waals surface area contributed by atoms with Gasteiger partial charge in [-0.25, -0.2) is 13.1 Å². The van der Waals surface area contributed by atoms with Crippen LogP contribution in [0.2, 0.25) is 0 Å². The number of nitrogens with two attached hydrogens (primary N) is 1. The first-order valence-corrected chi connectivity index (χ1v) is 9.24. The van der Waals surface area contributed by atoms with E-state index in [1.165, 1.54) is 0 Å². The summed E-state index contributed by atoms with van der Waals surface area (Å²) in [5, 5.41) is 0. The lowest BCUT2D eigenvalue weighted by molar-refractivity contribution is 0.184. The van der Waals surface area contributed by atoms with E-state index in [0.717, 1.165) is 31.2 Å². The summed E-state index contributed by atoms with van der Waals surface area (Å²) in [6.07, 6.45) is 3.94. The monoisotopic (exact) mass is 362 g/mol. The number of hydrogen-bond acceptors (Lipinski definition) is 4. The van der Waals surface area contributed by atoms with Crippen molar-refractivity contribution in [1.29, 1.82) is 0 Å². The number of nitrogens with one attached hydrogen (secondary N) is 1. The molecule has 3 N–H and O–H groups in total. The highest BCUT2D eigenvalue weighted by molar-refractivity contribution is 7.89. The molecule has 0 radical (unpaired) electrons. The smallest absolute Gasteiger partial charge is 0.241 e. The molecule has 0 aliphatic heterocycles. The van der Waals surface area contributed by atoms with Crippen molar-refractivity contribution in [3.63, 3.8) is 0 Å². The van der Waals surface area contributed by atoms with Crippen molar-refractivity contribution >= 4 is 22.4 Å². The molecule has 0 heterocycles. The number of sulfonamides is 1. The molecule has 7 heteroatoms. The molecule has 1 fully saturated rings. The predicted molar refractivity (Wildman–Crippen MR) is 94.1 cm³/mol.